The monoisotopic (exact) mass is 381 g/mol. The van der Waals surface area contributed by atoms with E-state index in [0.29, 0.717) is 29.8 Å². The SMILES string of the molecule is Cc1cccnc1N1C[C@H]2C[C@@H](C1)[C@H](CC1CCCCC1)N1C(=O)CCC[C@@H]21. The van der Waals surface area contributed by atoms with Crippen molar-refractivity contribution in [1.82, 2.24) is 9.88 Å². The van der Waals surface area contributed by atoms with E-state index in [1.54, 1.807) is 0 Å². The molecular weight excluding hydrogens is 346 g/mol. The van der Waals surface area contributed by atoms with E-state index in [9.17, 15) is 4.79 Å². The van der Waals surface area contributed by atoms with Crippen LogP contribution in [0.1, 0.15) is 69.8 Å². The molecule has 1 aromatic heterocycles. The van der Waals surface area contributed by atoms with Gasteiger partial charge in [0.15, 0.2) is 0 Å². The van der Waals surface area contributed by atoms with Crippen molar-refractivity contribution in [1.29, 1.82) is 0 Å². The fourth-order valence-electron chi connectivity index (χ4n) is 6.82. The van der Waals surface area contributed by atoms with Crippen LogP contribution in [0.25, 0.3) is 0 Å². The van der Waals surface area contributed by atoms with Gasteiger partial charge in [-0.1, -0.05) is 38.2 Å². The molecule has 0 spiro atoms. The maximum atomic E-state index is 13.0. The lowest BCUT2D eigenvalue weighted by Crippen LogP contribution is -2.65. The van der Waals surface area contributed by atoms with Crippen molar-refractivity contribution in [2.45, 2.75) is 83.2 Å². The van der Waals surface area contributed by atoms with E-state index in [2.05, 4.69) is 22.8 Å². The van der Waals surface area contributed by atoms with Crippen LogP contribution in [0.5, 0.6) is 0 Å². The van der Waals surface area contributed by atoms with Crippen molar-refractivity contribution in [3.8, 4) is 0 Å². The first kappa shape index (κ1) is 18.4. The maximum Gasteiger partial charge on any atom is 0.223 e. The Morgan fingerprint density at radius 3 is 2.71 bits per heavy atom. The zero-order valence-electron chi connectivity index (χ0n) is 17.4. The van der Waals surface area contributed by atoms with Gasteiger partial charge in [0.05, 0.1) is 0 Å². The van der Waals surface area contributed by atoms with Crippen molar-refractivity contribution in [3.63, 3.8) is 0 Å². The standard InChI is InChI=1S/C24H35N3O/c1-17-7-6-12-25-24(17)26-15-19-14-20(16-26)22(13-18-8-3-2-4-9-18)27-21(19)10-5-11-23(27)28/h6-7,12,18-22H,2-5,8-11,13-16H2,1H3/t19-,20+,21+,22+/m1/s1. The van der Waals surface area contributed by atoms with Crippen LogP contribution in [0.4, 0.5) is 5.82 Å². The number of piperidine rings is 3. The Bertz CT molecular complexity index is 714. The average Bonchev–Trinajstić information content (AvgIpc) is 2.72. The number of rotatable bonds is 3. The quantitative estimate of drug-likeness (QED) is 0.770. The molecule has 4 nitrogen and oxygen atoms in total. The number of anilines is 1. The lowest BCUT2D eigenvalue weighted by atomic mass is 9.69. The Kier molecular flexibility index (Phi) is 5.06. The van der Waals surface area contributed by atoms with Gasteiger partial charge < -0.3 is 9.80 Å². The summed E-state index contributed by atoms with van der Waals surface area (Å²) in [5.74, 6) is 3.68. The van der Waals surface area contributed by atoms with Crippen molar-refractivity contribution >= 4 is 11.7 Å². The molecule has 5 rings (SSSR count). The van der Waals surface area contributed by atoms with Gasteiger partial charge in [0.1, 0.15) is 5.82 Å². The Balaban J connectivity index is 1.43. The number of pyridine rings is 1. The first-order valence-corrected chi connectivity index (χ1v) is 11.7. The van der Waals surface area contributed by atoms with Crippen LogP contribution in [0.2, 0.25) is 0 Å². The van der Waals surface area contributed by atoms with Crippen molar-refractivity contribution in [2.24, 2.45) is 17.8 Å². The molecule has 152 valence electrons. The topological polar surface area (TPSA) is 36.4 Å². The Morgan fingerprint density at radius 2 is 1.89 bits per heavy atom. The summed E-state index contributed by atoms with van der Waals surface area (Å²) in [6.07, 6.45) is 14.5. The molecule has 0 aromatic carbocycles. The smallest absolute Gasteiger partial charge is 0.223 e. The van der Waals surface area contributed by atoms with Gasteiger partial charge in [-0.15, -0.1) is 0 Å². The lowest BCUT2D eigenvalue weighted by Gasteiger charge is -2.57. The maximum absolute atomic E-state index is 13.0. The highest BCUT2D eigenvalue weighted by molar-refractivity contribution is 5.78. The molecule has 1 saturated carbocycles. The van der Waals surface area contributed by atoms with E-state index in [0.717, 1.165) is 31.8 Å². The molecule has 0 N–H and O–H groups in total. The normalized spacial score (nSPS) is 33.7. The molecule has 3 aliphatic heterocycles. The molecule has 4 atom stereocenters. The summed E-state index contributed by atoms with van der Waals surface area (Å²) in [5.41, 5.74) is 1.28. The molecule has 1 aromatic rings. The second kappa shape index (κ2) is 7.68. The van der Waals surface area contributed by atoms with E-state index >= 15 is 0 Å². The summed E-state index contributed by atoms with van der Waals surface area (Å²) in [4.78, 5) is 22.7. The minimum Gasteiger partial charge on any atom is -0.356 e. The minimum atomic E-state index is 0.453. The van der Waals surface area contributed by atoms with E-state index < -0.39 is 0 Å². The van der Waals surface area contributed by atoms with Gasteiger partial charge in [-0.2, -0.15) is 0 Å². The van der Waals surface area contributed by atoms with Gasteiger partial charge in [-0.3, -0.25) is 4.79 Å². The third-order valence-corrected chi connectivity index (χ3v) is 8.08. The summed E-state index contributed by atoms with van der Waals surface area (Å²) in [5, 5.41) is 0. The Labute approximate surface area is 169 Å². The van der Waals surface area contributed by atoms with Gasteiger partial charge in [0, 0.05) is 37.8 Å². The fourth-order valence-corrected chi connectivity index (χ4v) is 6.82. The third-order valence-electron chi connectivity index (χ3n) is 8.08. The zero-order chi connectivity index (χ0) is 19.1. The van der Waals surface area contributed by atoms with Crippen LogP contribution >= 0.6 is 0 Å². The van der Waals surface area contributed by atoms with Gasteiger partial charge >= 0.3 is 0 Å². The first-order chi connectivity index (χ1) is 13.7. The molecule has 1 aliphatic carbocycles. The summed E-state index contributed by atoms with van der Waals surface area (Å²) >= 11 is 0. The molecule has 4 heteroatoms. The summed E-state index contributed by atoms with van der Waals surface area (Å²) < 4.78 is 0. The van der Waals surface area contributed by atoms with Gasteiger partial charge in [0.25, 0.3) is 0 Å². The molecule has 0 radical (unpaired) electrons. The van der Waals surface area contributed by atoms with Gasteiger partial charge in [-0.25, -0.2) is 4.98 Å². The number of carbonyl (C=O) groups is 1. The molecule has 4 fully saturated rings. The molecule has 3 saturated heterocycles. The Morgan fingerprint density at radius 1 is 1.07 bits per heavy atom. The number of aryl methyl sites for hydroxylation is 1. The lowest BCUT2D eigenvalue weighted by molar-refractivity contribution is -0.149. The number of amides is 1. The van der Waals surface area contributed by atoms with Crippen LogP contribution in [0.15, 0.2) is 18.3 Å². The number of hydrogen-bond donors (Lipinski definition) is 0. The number of nitrogens with zero attached hydrogens (tertiary/aromatic N) is 3. The molecule has 0 unspecified atom stereocenters. The van der Waals surface area contributed by atoms with Gasteiger partial charge in [0.2, 0.25) is 5.91 Å². The molecule has 4 aliphatic rings. The van der Waals surface area contributed by atoms with Crippen molar-refractivity contribution < 1.29 is 4.79 Å². The highest BCUT2D eigenvalue weighted by Gasteiger charge is 2.49. The highest BCUT2D eigenvalue weighted by Crippen LogP contribution is 2.45. The number of carbonyl (C=O) groups excluding carboxylic acids is 1. The van der Waals surface area contributed by atoms with Crippen LogP contribution in [-0.4, -0.2) is 41.0 Å². The minimum absolute atomic E-state index is 0.453. The fraction of sp³-hybridized carbons (Fsp3) is 0.750. The average molecular weight is 382 g/mol. The summed E-state index contributed by atoms with van der Waals surface area (Å²) in [7, 11) is 0. The Hall–Kier alpha value is -1.58. The number of hydrogen-bond acceptors (Lipinski definition) is 3. The van der Waals surface area contributed by atoms with Crippen LogP contribution < -0.4 is 4.90 Å². The largest absolute Gasteiger partial charge is 0.356 e. The number of fused-ring (bicyclic) bond motifs is 4. The summed E-state index contributed by atoms with van der Waals surface area (Å²) in [6, 6.07) is 5.15. The highest BCUT2D eigenvalue weighted by atomic mass is 16.2. The van der Waals surface area contributed by atoms with Gasteiger partial charge in [-0.05, 0) is 62.0 Å². The predicted octanol–water partition coefficient (Wildman–Crippen LogP) is 4.57. The first-order valence-electron chi connectivity index (χ1n) is 11.7. The van der Waals surface area contributed by atoms with Crippen molar-refractivity contribution in [2.75, 3.05) is 18.0 Å². The second-order valence-corrected chi connectivity index (χ2v) is 9.87. The zero-order valence-corrected chi connectivity index (χ0v) is 17.4. The van der Waals surface area contributed by atoms with Crippen molar-refractivity contribution in [3.05, 3.63) is 23.9 Å². The van der Waals surface area contributed by atoms with Crippen LogP contribution in [0, 0.1) is 24.7 Å². The molecular formula is C24H35N3O. The molecule has 4 heterocycles. The van der Waals surface area contributed by atoms with E-state index in [1.165, 1.54) is 62.7 Å². The summed E-state index contributed by atoms with van der Waals surface area (Å²) in [6.45, 7) is 4.32. The van der Waals surface area contributed by atoms with E-state index in [4.69, 9.17) is 4.98 Å². The number of aromatic nitrogens is 1. The van der Waals surface area contributed by atoms with E-state index in [1.807, 2.05) is 12.3 Å². The molecule has 28 heavy (non-hydrogen) atoms. The molecule has 2 bridgehead atoms. The predicted molar refractivity (Wildman–Crippen MR) is 112 cm³/mol. The third kappa shape index (κ3) is 3.33. The molecule has 1 amide bonds. The van der Waals surface area contributed by atoms with Crippen LogP contribution in [0.3, 0.4) is 0 Å². The second-order valence-electron chi connectivity index (χ2n) is 9.87. The van der Waals surface area contributed by atoms with Crippen LogP contribution in [-0.2, 0) is 4.79 Å². The van der Waals surface area contributed by atoms with E-state index in [-0.39, 0.29) is 0 Å².